The highest BCUT2D eigenvalue weighted by molar-refractivity contribution is 9.09. The Morgan fingerprint density at radius 2 is 2.38 bits per heavy atom. The van der Waals surface area contributed by atoms with Crippen LogP contribution in [0.3, 0.4) is 0 Å². The van der Waals surface area contributed by atoms with Crippen molar-refractivity contribution in [3.05, 3.63) is 18.2 Å². The van der Waals surface area contributed by atoms with Gasteiger partial charge in [0.05, 0.1) is 11.4 Å². The molecule has 0 saturated heterocycles. The van der Waals surface area contributed by atoms with Gasteiger partial charge in [-0.15, -0.1) is 0 Å². The van der Waals surface area contributed by atoms with E-state index in [2.05, 4.69) is 37.4 Å². The summed E-state index contributed by atoms with van der Waals surface area (Å²) in [6.45, 7) is 5.76. The lowest BCUT2D eigenvalue weighted by atomic mass is 10.4. The number of rotatable bonds is 7. The highest BCUT2D eigenvalue weighted by Crippen LogP contribution is 2.03. The number of methoxy groups -OCH3 is 1. The van der Waals surface area contributed by atoms with Crippen LogP contribution in [0.2, 0.25) is 0 Å². The highest BCUT2D eigenvalue weighted by atomic mass is 79.9. The molecular weight excluding hydrogens is 270 g/mol. The molecule has 0 aliphatic heterocycles. The molecule has 1 rings (SSSR count). The molecule has 4 nitrogen and oxygen atoms in total. The van der Waals surface area contributed by atoms with E-state index in [1.807, 2.05) is 19.3 Å². The third-order valence-electron chi connectivity index (χ3n) is 2.50. The predicted octanol–water partition coefficient (Wildman–Crippen LogP) is 1.53. The number of imidazole rings is 1. The van der Waals surface area contributed by atoms with E-state index < -0.39 is 0 Å². The average Bonchev–Trinajstić information content (AvgIpc) is 2.61. The van der Waals surface area contributed by atoms with Gasteiger partial charge in [-0.1, -0.05) is 15.9 Å². The Kier molecular flexibility index (Phi) is 6.01. The molecular formula is C11H20BrN3O. The van der Waals surface area contributed by atoms with Gasteiger partial charge >= 0.3 is 0 Å². The summed E-state index contributed by atoms with van der Waals surface area (Å²) in [5.74, 6) is 1.07. The number of halogens is 1. The summed E-state index contributed by atoms with van der Waals surface area (Å²) in [4.78, 5) is 6.88. The Balaban J connectivity index is 2.25. The van der Waals surface area contributed by atoms with Crippen LogP contribution < -0.4 is 0 Å². The molecule has 92 valence electrons. The van der Waals surface area contributed by atoms with Gasteiger partial charge < -0.3 is 14.2 Å². The predicted molar refractivity (Wildman–Crippen MR) is 69.1 cm³/mol. The summed E-state index contributed by atoms with van der Waals surface area (Å²) < 4.78 is 7.25. The van der Waals surface area contributed by atoms with E-state index in [9.17, 15) is 0 Å². The maximum atomic E-state index is 5.09. The van der Waals surface area contributed by atoms with Gasteiger partial charge in [0.25, 0.3) is 0 Å². The fraction of sp³-hybridized carbons (Fsp3) is 0.727. The summed E-state index contributed by atoms with van der Waals surface area (Å²) >= 11 is 3.59. The van der Waals surface area contributed by atoms with Crippen LogP contribution in [0.25, 0.3) is 0 Å². The van der Waals surface area contributed by atoms with E-state index >= 15 is 0 Å². The van der Waals surface area contributed by atoms with Crippen LogP contribution in [0.15, 0.2) is 12.4 Å². The Bertz CT molecular complexity index is 303. The lowest BCUT2D eigenvalue weighted by molar-refractivity contribution is 0.185. The van der Waals surface area contributed by atoms with Gasteiger partial charge in [0.1, 0.15) is 5.82 Å². The molecule has 0 fully saturated rings. The first kappa shape index (κ1) is 13.7. The Labute approximate surface area is 106 Å². The second-order valence-corrected chi connectivity index (χ2v) is 5.28. The zero-order valence-corrected chi connectivity index (χ0v) is 11.8. The summed E-state index contributed by atoms with van der Waals surface area (Å²) in [6.07, 6.45) is 3.86. The molecule has 0 spiro atoms. The van der Waals surface area contributed by atoms with Gasteiger partial charge in [-0.25, -0.2) is 4.98 Å². The minimum absolute atomic E-state index is 0.395. The standard InChI is InChI=1S/C11H20BrN3O/c1-10-13-4-5-15(10)7-6-14(2)8-11(12)9-16-3/h4-5,11H,6-9H2,1-3H3. The largest absolute Gasteiger partial charge is 0.383 e. The van der Waals surface area contributed by atoms with E-state index in [0.717, 1.165) is 32.1 Å². The number of aromatic nitrogens is 2. The van der Waals surface area contributed by atoms with Crippen molar-refractivity contribution in [2.24, 2.45) is 0 Å². The number of ether oxygens (including phenoxy) is 1. The molecule has 0 aliphatic rings. The molecule has 0 aliphatic carbocycles. The number of alkyl halides is 1. The first-order valence-electron chi connectivity index (χ1n) is 5.42. The van der Waals surface area contributed by atoms with E-state index in [0.29, 0.717) is 4.83 Å². The molecule has 5 heteroatoms. The van der Waals surface area contributed by atoms with Gasteiger partial charge in [-0.3, -0.25) is 0 Å². The molecule has 0 amide bonds. The zero-order chi connectivity index (χ0) is 12.0. The van der Waals surface area contributed by atoms with Gasteiger partial charge in [0.15, 0.2) is 0 Å². The van der Waals surface area contributed by atoms with Crippen molar-refractivity contribution in [1.82, 2.24) is 14.5 Å². The molecule has 1 aromatic heterocycles. The van der Waals surface area contributed by atoms with Crippen LogP contribution in [0.5, 0.6) is 0 Å². The van der Waals surface area contributed by atoms with Crippen LogP contribution in [0, 0.1) is 6.92 Å². The lowest BCUT2D eigenvalue weighted by Gasteiger charge is -2.20. The monoisotopic (exact) mass is 289 g/mol. The fourth-order valence-corrected chi connectivity index (χ4v) is 2.34. The lowest BCUT2D eigenvalue weighted by Crippen LogP contribution is -2.31. The smallest absolute Gasteiger partial charge is 0.105 e. The van der Waals surface area contributed by atoms with E-state index in [1.54, 1.807) is 7.11 Å². The van der Waals surface area contributed by atoms with E-state index in [4.69, 9.17) is 4.74 Å². The number of hydrogen-bond acceptors (Lipinski definition) is 3. The van der Waals surface area contributed by atoms with Crippen LogP contribution in [-0.2, 0) is 11.3 Å². The molecule has 16 heavy (non-hydrogen) atoms. The third-order valence-corrected chi connectivity index (χ3v) is 3.06. The fourth-order valence-electron chi connectivity index (χ4n) is 1.58. The maximum absolute atomic E-state index is 5.09. The van der Waals surface area contributed by atoms with Gasteiger partial charge in [-0.2, -0.15) is 0 Å². The van der Waals surface area contributed by atoms with E-state index in [-0.39, 0.29) is 0 Å². The van der Waals surface area contributed by atoms with Gasteiger partial charge in [-0.05, 0) is 14.0 Å². The molecule has 1 heterocycles. The van der Waals surface area contributed by atoms with Crippen LogP contribution in [0.1, 0.15) is 5.82 Å². The quantitative estimate of drug-likeness (QED) is 0.714. The molecule has 0 N–H and O–H groups in total. The van der Waals surface area contributed by atoms with Gasteiger partial charge in [0, 0.05) is 39.1 Å². The van der Waals surface area contributed by atoms with Gasteiger partial charge in [0.2, 0.25) is 0 Å². The van der Waals surface area contributed by atoms with Crippen molar-refractivity contribution >= 4 is 15.9 Å². The number of aryl methyl sites for hydroxylation is 1. The molecule has 1 unspecified atom stereocenters. The minimum atomic E-state index is 0.395. The molecule has 0 aromatic carbocycles. The maximum Gasteiger partial charge on any atom is 0.105 e. The normalized spacial score (nSPS) is 13.3. The topological polar surface area (TPSA) is 30.3 Å². The Morgan fingerprint density at radius 1 is 1.62 bits per heavy atom. The minimum Gasteiger partial charge on any atom is -0.383 e. The first-order chi connectivity index (χ1) is 7.63. The van der Waals surface area contributed by atoms with Crippen LogP contribution in [-0.4, -0.2) is 53.1 Å². The SMILES string of the molecule is COCC(Br)CN(C)CCn1ccnc1C. The molecule has 0 bridgehead atoms. The first-order valence-corrected chi connectivity index (χ1v) is 6.34. The summed E-state index contributed by atoms with van der Waals surface area (Å²) in [7, 11) is 3.85. The van der Waals surface area contributed by atoms with Crippen molar-refractivity contribution in [2.75, 3.05) is 33.9 Å². The number of likely N-dealkylation sites (N-methyl/N-ethyl adjacent to an activating group) is 1. The second-order valence-electron chi connectivity index (χ2n) is 3.98. The Hall–Kier alpha value is -0.390. The molecule has 0 saturated carbocycles. The zero-order valence-electron chi connectivity index (χ0n) is 10.2. The van der Waals surface area contributed by atoms with Crippen molar-refractivity contribution in [2.45, 2.75) is 18.3 Å². The van der Waals surface area contributed by atoms with Crippen LogP contribution >= 0.6 is 15.9 Å². The summed E-state index contributed by atoms with van der Waals surface area (Å²) in [6, 6.07) is 0. The van der Waals surface area contributed by atoms with Crippen LogP contribution in [0.4, 0.5) is 0 Å². The van der Waals surface area contributed by atoms with Crippen molar-refractivity contribution in [3.63, 3.8) is 0 Å². The van der Waals surface area contributed by atoms with Crippen molar-refractivity contribution in [1.29, 1.82) is 0 Å². The summed E-state index contributed by atoms with van der Waals surface area (Å²) in [5, 5.41) is 0. The second kappa shape index (κ2) is 7.04. The molecule has 1 aromatic rings. The summed E-state index contributed by atoms with van der Waals surface area (Å²) in [5.41, 5.74) is 0. The van der Waals surface area contributed by atoms with Crippen molar-refractivity contribution in [3.8, 4) is 0 Å². The Morgan fingerprint density at radius 3 is 2.94 bits per heavy atom. The number of nitrogens with zero attached hydrogens (tertiary/aromatic N) is 3. The highest BCUT2D eigenvalue weighted by Gasteiger charge is 2.07. The average molecular weight is 290 g/mol. The third kappa shape index (κ3) is 4.63. The van der Waals surface area contributed by atoms with E-state index in [1.165, 1.54) is 0 Å². The molecule has 0 radical (unpaired) electrons. The molecule has 1 atom stereocenters. The van der Waals surface area contributed by atoms with Crippen molar-refractivity contribution < 1.29 is 4.74 Å². The number of hydrogen-bond donors (Lipinski definition) is 0.